The summed E-state index contributed by atoms with van der Waals surface area (Å²) >= 11 is 2.11. The minimum Gasteiger partial charge on any atom is -0.370 e. The zero-order valence-corrected chi connectivity index (χ0v) is 23.3. The smallest absolute Gasteiger partial charge is 0.0404 e. The fraction of sp³-hybridized carbons (Fsp3) is 0.786. The first-order valence-corrected chi connectivity index (χ1v) is 14.5. The van der Waals surface area contributed by atoms with Crippen LogP contribution in [0.1, 0.15) is 77.7 Å². The first kappa shape index (κ1) is 27.0. The largest absolute Gasteiger partial charge is 0.370 e. The summed E-state index contributed by atoms with van der Waals surface area (Å²) in [5.41, 5.74) is 5.14. The summed E-state index contributed by atoms with van der Waals surface area (Å²) in [6.45, 7) is 18.1. The van der Waals surface area contributed by atoms with E-state index >= 15 is 0 Å². The second-order valence-corrected chi connectivity index (χ2v) is 12.7. The van der Waals surface area contributed by atoms with E-state index in [0.717, 1.165) is 11.8 Å². The van der Waals surface area contributed by atoms with Crippen LogP contribution in [0.5, 0.6) is 0 Å². The van der Waals surface area contributed by atoms with Crippen LogP contribution in [0.4, 0.5) is 11.4 Å². The number of hydrogen-bond donors (Lipinski definition) is 0. The van der Waals surface area contributed by atoms with E-state index in [1.165, 1.54) is 102 Å². The van der Waals surface area contributed by atoms with E-state index in [9.17, 15) is 0 Å². The van der Waals surface area contributed by atoms with E-state index in [0.29, 0.717) is 5.41 Å². The van der Waals surface area contributed by atoms with Gasteiger partial charge in [-0.1, -0.05) is 34.1 Å². The molecule has 1 saturated carbocycles. The number of rotatable bonds is 6. The summed E-state index contributed by atoms with van der Waals surface area (Å²) in [6.07, 6.45) is 8.16. The molecule has 3 aliphatic rings. The molecule has 0 N–H and O–H groups in total. The summed E-state index contributed by atoms with van der Waals surface area (Å²) in [5.74, 6) is 4.16. The number of hydrogen-bond acceptors (Lipinski definition) is 4. The number of thioether (sulfide) groups is 1. The lowest BCUT2D eigenvalue weighted by Crippen LogP contribution is -2.47. The van der Waals surface area contributed by atoms with Crippen molar-refractivity contribution in [2.24, 2.45) is 11.3 Å². The standard InChI is InChI=1S/C28H47N3S.ClH/c1-5-6-13-29-14-16-31(17-15-29)27-12-11-25(30-18-20-32-21-19-30)22-26(27)23-7-9-24(10-8-23)28(2,3)4;/h11-12,22-24H,5-10,13-21H2,1-4H3;1H. The van der Waals surface area contributed by atoms with Crippen molar-refractivity contribution in [3.63, 3.8) is 0 Å². The second-order valence-electron chi connectivity index (χ2n) is 11.4. The number of halogens is 1. The molecule has 0 radical (unpaired) electrons. The van der Waals surface area contributed by atoms with Crippen LogP contribution in [0.3, 0.4) is 0 Å². The lowest BCUT2D eigenvalue weighted by atomic mass is 9.68. The Bertz CT molecular complexity index is 712. The lowest BCUT2D eigenvalue weighted by Gasteiger charge is -2.41. The summed E-state index contributed by atoms with van der Waals surface area (Å²) in [4.78, 5) is 8.02. The molecule has 1 aromatic carbocycles. The molecule has 4 rings (SSSR count). The molecule has 0 aromatic heterocycles. The van der Waals surface area contributed by atoms with Gasteiger partial charge < -0.3 is 9.80 Å². The maximum Gasteiger partial charge on any atom is 0.0404 e. The van der Waals surface area contributed by atoms with Crippen LogP contribution in [-0.4, -0.2) is 62.2 Å². The van der Waals surface area contributed by atoms with E-state index in [1.54, 1.807) is 11.3 Å². The van der Waals surface area contributed by atoms with Gasteiger partial charge in [0.05, 0.1) is 0 Å². The Hall–Kier alpha value is -0.580. The van der Waals surface area contributed by atoms with E-state index < -0.39 is 0 Å². The predicted molar refractivity (Wildman–Crippen MR) is 151 cm³/mol. The summed E-state index contributed by atoms with van der Waals surface area (Å²) < 4.78 is 0. The van der Waals surface area contributed by atoms with Crippen LogP contribution >= 0.6 is 24.2 Å². The highest BCUT2D eigenvalue weighted by molar-refractivity contribution is 7.99. The van der Waals surface area contributed by atoms with Gasteiger partial charge >= 0.3 is 0 Å². The molecular formula is C28H48ClN3S. The zero-order chi connectivity index (χ0) is 22.6. The minimum atomic E-state index is 0. The van der Waals surface area contributed by atoms with Crippen molar-refractivity contribution < 1.29 is 0 Å². The van der Waals surface area contributed by atoms with Crippen LogP contribution in [0.15, 0.2) is 18.2 Å². The van der Waals surface area contributed by atoms with Crippen molar-refractivity contribution in [3.05, 3.63) is 23.8 Å². The quantitative estimate of drug-likeness (QED) is 0.426. The average Bonchev–Trinajstić information content (AvgIpc) is 2.83. The van der Waals surface area contributed by atoms with Gasteiger partial charge in [0, 0.05) is 62.1 Å². The maximum atomic E-state index is 2.71. The molecule has 0 amide bonds. The van der Waals surface area contributed by atoms with Crippen molar-refractivity contribution in [1.82, 2.24) is 4.90 Å². The third-order valence-electron chi connectivity index (χ3n) is 8.32. The highest BCUT2D eigenvalue weighted by atomic mass is 35.5. The van der Waals surface area contributed by atoms with Crippen molar-refractivity contribution in [2.75, 3.05) is 67.1 Å². The molecule has 1 aliphatic carbocycles. The van der Waals surface area contributed by atoms with Crippen LogP contribution in [-0.2, 0) is 0 Å². The SMILES string of the molecule is CCCCN1CCN(c2ccc(N3CCSCC3)cc2C2CCC(C(C)(C)C)CC2)CC1.Cl. The molecule has 2 heterocycles. The lowest BCUT2D eigenvalue weighted by molar-refractivity contribution is 0.169. The molecule has 0 unspecified atom stereocenters. The first-order valence-electron chi connectivity index (χ1n) is 13.4. The minimum absolute atomic E-state index is 0. The molecule has 1 aromatic rings. The molecule has 5 heteroatoms. The highest BCUT2D eigenvalue weighted by Gasteiger charge is 2.32. The molecule has 2 aliphatic heterocycles. The van der Waals surface area contributed by atoms with Crippen LogP contribution in [0, 0.1) is 11.3 Å². The van der Waals surface area contributed by atoms with Crippen molar-refractivity contribution in [1.29, 1.82) is 0 Å². The average molecular weight is 494 g/mol. The topological polar surface area (TPSA) is 9.72 Å². The van der Waals surface area contributed by atoms with Gasteiger partial charge in [0.25, 0.3) is 0 Å². The predicted octanol–water partition coefficient (Wildman–Crippen LogP) is 6.90. The summed E-state index contributed by atoms with van der Waals surface area (Å²) in [7, 11) is 0. The number of unbranched alkanes of at least 4 members (excludes halogenated alkanes) is 1. The third-order valence-corrected chi connectivity index (χ3v) is 9.26. The molecule has 0 bridgehead atoms. The number of benzene rings is 1. The normalized spacial score (nSPS) is 25.1. The molecule has 33 heavy (non-hydrogen) atoms. The Kier molecular flexibility index (Phi) is 10.2. The molecule has 2 saturated heterocycles. The van der Waals surface area contributed by atoms with Gasteiger partial charge in [-0.05, 0) is 79.7 Å². The number of anilines is 2. The maximum absolute atomic E-state index is 2.71. The summed E-state index contributed by atoms with van der Waals surface area (Å²) in [5, 5.41) is 0. The van der Waals surface area contributed by atoms with Gasteiger partial charge in [-0.25, -0.2) is 0 Å². The Balaban J connectivity index is 0.00000306. The van der Waals surface area contributed by atoms with Crippen LogP contribution < -0.4 is 9.80 Å². The van der Waals surface area contributed by atoms with Gasteiger partial charge in [0.1, 0.15) is 0 Å². The van der Waals surface area contributed by atoms with E-state index in [4.69, 9.17) is 0 Å². The first-order chi connectivity index (χ1) is 15.5. The van der Waals surface area contributed by atoms with E-state index in [-0.39, 0.29) is 12.4 Å². The second kappa shape index (κ2) is 12.4. The Morgan fingerprint density at radius 1 is 0.879 bits per heavy atom. The Morgan fingerprint density at radius 2 is 1.55 bits per heavy atom. The number of piperazine rings is 1. The number of nitrogens with zero attached hydrogens (tertiary/aromatic N) is 3. The molecule has 3 fully saturated rings. The monoisotopic (exact) mass is 493 g/mol. The molecule has 0 spiro atoms. The molecule has 3 nitrogen and oxygen atoms in total. The van der Waals surface area contributed by atoms with Gasteiger partial charge in [0.15, 0.2) is 0 Å². The van der Waals surface area contributed by atoms with Gasteiger partial charge in [0.2, 0.25) is 0 Å². The van der Waals surface area contributed by atoms with Crippen molar-refractivity contribution >= 4 is 35.5 Å². The summed E-state index contributed by atoms with van der Waals surface area (Å²) in [6, 6.07) is 7.53. The highest BCUT2D eigenvalue weighted by Crippen LogP contribution is 2.46. The zero-order valence-electron chi connectivity index (χ0n) is 21.7. The Morgan fingerprint density at radius 3 is 2.15 bits per heavy atom. The van der Waals surface area contributed by atoms with E-state index in [2.05, 4.69) is 72.4 Å². The third kappa shape index (κ3) is 6.98. The van der Waals surface area contributed by atoms with Crippen LogP contribution in [0.2, 0.25) is 0 Å². The molecule has 188 valence electrons. The van der Waals surface area contributed by atoms with E-state index in [1.807, 2.05) is 0 Å². The fourth-order valence-electron chi connectivity index (χ4n) is 6.04. The van der Waals surface area contributed by atoms with Crippen molar-refractivity contribution in [3.8, 4) is 0 Å². The Labute approximate surface area is 214 Å². The van der Waals surface area contributed by atoms with Crippen LogP contribution in [0.25, 0.3) is 0 Å². The molecule has 0 atom stereocenters. The molecular weight excluding hydrogens is 446 g/mol. The van der Waals surface area contributed by atoms with Gasteiger partial charge in [-0.2, -0.15) is 11.8 Å². The van der Waals surface area contributed by atoms with Gasteiger partial charge in [-0.3, -0.25) is 4.90 Å². The van der Waals surface area contributed by atoms with Gasteiger partial charge in [-0.15, -0.1) is 12.4 Å². The fourth-order valence-corrected chi connectivity index (χ4v) is 6.94. The van der Waals surface area contributed by atoms with Crippen molar-refractivity contribution in [2.45, 2.75) is 72.1 Å².